The van der Waals surface area contributed by atoms with E-state index >= 15 is 0 Å². The second-order valence-corrected chi connectivity index (χ2v) is 9.31. The average Bonchev–Trinajstić information content (AvgIpc) is 3.08. The van der Waals surface area contributed by atoms with Crippen molar-refractivity contribution in [3.05, 3.63) is 39.8 Å². The maximum atomic E-state index is 12.8. The van der Waals surface area contributed by atoms with Gasteiger partial charge in [0, 0.05) is 42.2 Å². The van der Waals surface area contributed by atoms with Gasteiger partial charge in [-0.1, -0.05) is 0 Å². The first kappa shape index (κ1) is 19.9. The minimum Gasteiger partial charge on any atom is -0.370 e. The van der Waals surface area contributed by atoms with Crippen LogP contribution in [0, 0.1) is 5.41 Å². The average molecular weight is 423 g/mol. The second-order valence-electron chi connectivity index (χ2n) is 8.18. The zero-order valence-corrected chi connectivity index (χ0v) is 17.5. The van der Waals surface area contributed by atoms with Crippen molar-refractivity contribution in [2.75, 3.05) is 26.2 Å². The molecule has 0 atom stereocenters. The molecule has 28 heavy (non-hydrogen) atoms. The Bertz CT molecular complexity index is 825. The number of ether oxygens (including phenoxy) is 1. The zero-order chi connectivity index (χ0) is 18.3. The van der Waals surface area contributed by atoms with Crippen LogP contribution in [0.2, 0.25) is 0 Å². The van der Waals surface area contributed by atoms with Gasteiger partial charge in [0.15, 0.2) is 0 Å². The first-order valence-corrected chi connectivity index (χ1v) is 10.7. The summed E-state index contributed by atoms with van der Waals surface area (Å²) < 4.78 is 8.21. The quantitative estimate of drug-likeness (QED) is 0.777. The molecule has 0 radical (unpaired) electrons. The van der Waals surface area contributed by atoms with Gasteiger partial charge >= 0.3 is 0 Å². The first-order valence-electron chi connectivity index (χ1n) is 9.92. The summed E-state index contributed by atoms with van der Waals surface area (Å²) >= 11 is 1.66. The molecule has 0 aromatic carbocycles. The Kier molecular flexibility index (Phi) is 5.53. The number of carbonyl (C=O) groups excluding carboxylic acids is 1. The summed E-state index contributed by atoms with van der Waals surface area (Å²) in [5, 5.41) is 10.9. The van der Waals surface area contributed by atoms with Crippen molar-refractivity contribution in [2.45, 2.75) is 44.2 Å². The Morgan fingerprint density at radius 3 is 2.86 bits per heavy atom. The number of nitrogens with one attached hydrogen (secondary N) is 2. The van der Waals surface area contributed by atoms with E-state index in [4.69, 9.17) is 4.74 Å². The molecule has 2 fully saturated rings. The van der Waals surface area contributed by atoms with Crippen LogP contribution in [0.25, 0.3) is 0 Å². The normalized spacial score (nSPS) is 21.6. The summed E-state index contributed by atoms with van der Waals surface area (Å²) in [7, 11) is 0. The molecular formula is C20H27ClN4O2S. The van der Waals surface area contributed by atoms with Crippen LogP contribution in [0.1, 0.15) is 45.8 Å². The Morgan fingerprint density at radius 2 is 2.14 bits per heavy atom. The predicted octanol–water partition coefficient (Wildman–Crippen LogP) is 2.73. The van der Waals surface area contributed by atoms with E-state index in [0.717, 1.165) is 69.8 Å². The molecule has 2 N–H and O–H groups in total. The van der Waals surface area contributed by atoms with Gasteiger partial charge in [0.05, 0.1) is 17.1 Å². The number of thiophene rings is 1. The Balaban J connectivity index is 0.00000192. The fraction of sp³-hybridized carbons (Fsp3) is 0.600. The largest absolute Gasteiger partial charge is 0.370 e. The van der Waals surface area contributed by atoms with Gasteiger partial charge in [-0.15, -0.1) is 23.7 Å². The second kappa shape index (κ2) is 7.78. The first-order chi connectivity index (χ1) is 13.2. The Hall–Kier alpha value is -1.41. The number of fused-ring (bicyclic) bond motifs is 2. The number of hydrogen-bond donors (Lipinski definition) is 2. The molecule has 0 bridgehead atoms. The van der Waals surface area contributed by atoms with Crippen molar-refractivity contribution in [3.8, 4) is 0 Å². The molecule has 1 saturated heterocycles. The summed E-state index contributed by atoms with van der Waals surface area (Å²) in [6, 6.07) is 4.05. The molecule has 1 aliphatic carbocycles. The van der Waals surface area contributed by atoms with E-state index in [1.165, 1.54) is 10.4 Å². The molecule has 1 saturated carbocycles. The monoisotopic (exact) mass is 422 g/mol. The number of amides is 1. The molecule has 152 valence electrons. The lowest BCUT2D eigenvalue weighted by Gasteiger charge is -2.40. The van der Waals surface area contributed by atoms with Crippen molar-refractivity contribution in [3.63, 3.8) is 0 Å². The SMILES string of the molecule is Cl.O=C(NCC1(Cn2cccn2)CC1)c1cc2c(s1)CCOC21CCNCC1. The summed E-state index contributed by atoms with van der Waals surface area (Å²) in [5.41, 5.74) is 1.27. The lowest BCUT2D eigenvalue weighted by atomic mass is 9.83. The van der Waals surface area contributed by atoms with Crippen molar-refractivity contribution in [2.24, 2.45) is 5.41 Å². The van der Waals surface area contributed by atoms with E-state index in [1.54, 1.807) is 11.3 Å². The van der Waals surface area contributed by atoms with Crippen molar-refractivity contribution >= 4 is 29.7 Å². The van der Waals surface area contributed by atoms with E-state index in [9.17, 15) is 4.79 Å². The van der Waals surface area contributed by atoms with E-state index in [2.05, 4.69) is 21.8 Å². The summed E-state index contributed by atoms with van der Waals surface area (Å²) in [5.74, 6) is 0.0604. The zero-order valence-electron chi connectivity index (χ0n) is 15.9. The highest BCUT2D eigenvalue weighted by Crippen LogP contribution is 2.47. The molecule has 2 aliphatic heterocycles. The molecule has 1 spiro atoms. The maximum absolute atomic E-state index is 12.8. The third kappa shape index (κ3) is 3.73. The summed E-state index contributed by atoms with van der Waals surface area (Å²) in [6.07, 6.45) is 9.01. The molecule has 8 heteroatoms. The lowest BCUT2D eigenvalue weighted by molar-refractivity contribution is -0.0792. The van der Waals surface area contributed by atoms with Crippen LogP contribution in [0.3, 0.4) is 0 Å². The van der Waals surface area contributed by atoms with Crippen LogP contribution in [-0.4, -0.2) is 41.9 Å². The smallest absolute Gasteiger partial charge is 0.261 e. The topological polar surface area (TPSA) is 68.2 Å². The van der Waals surface area contributed by atoms with Crippen molar-refractivity contribution in [1.29, 1.82) is 0 Å². The number of nitrogens with zero attached hydrogens (tertiary/aromatic N) is 2. The van der Waals surface area contributed by atoms with Gasteiger partial charge in [-0.25, -0.2) is 0 Å². The van der Waals surface area contributed by atoms with Crippen LogP contribution < -0.4 is 10.6 Å². The Labute approximate surface area is 175 Å². The number of halogens is 1. The number of rotatable bonds is 5. The predicted molar refractivity (Wildman–Crippen MR) is 111 cm³/mol. The molecule has 2 aromatic rings. The molecule has 3 aliphatic rings. The fourth-order valence-corrected chi connectivity index (χ4v) is 5.58. The van der Waals surface area contributed by atoms with Crippen LogP contribution >= 0.6 is 23.7 Å². The Morgan fingerprint density at radius 1 is 1.32 bits per heavy atom. The van der Waals surface area contributed by atoms with Crippen LogP contribution in [0.15, 0.2) is 24.5 Å². The molecule has 0 unspecified atom stereocenters. The standard InChI is InChI=1S/C20H26N4O2S.ClH/c25-18(22-13-19(3-4-19)14-24-10-1-7-23-24)17-12-15-16(27-17)2-11-26-20(15)5-8-21-9-6-20;/h1,7,10,12,21H,2-6,8-9,11,13-14H2,(H,22,25);1H. The van der Waals surface area contributed by atoms with Gasteiger partial charge in [-0.2, -0.15) is 5.10 Å². The van der Waals surface area contributed by atoms with Gasteiger partial charge in [-0.05, 0) is 56.5 Å². The molecule has 4 heterocycles. The lowest BCUT2D eigenvalue weighted by Crippen LogP contribution is -2.44. The third-order valence-electron chi connectivity index (χ3n) is 6.28. The molecule has 2 aromatic heterocycles. The van der Waals surface area contributed by atoms with E-state index < -0.39 is 0 Å². The third-order valence-corrected chi connectivity index (χ3v) is 7.47. The van der Waals surface area contributed by atoms with E-state index in [-0.39, 0.29) is 29.3 Å². The highest BCUT2D eigenvalue weighted by atomic mass is 35.5. The molecular weight excluding hydrogens is 396 g/mol. The molecule has 6 nitrogen and oxygen atoms in total. The highest BCUT2D eigenvalue weighted by Gasteiger charge is 2.44. The summed E-state index contributed by atoms with van der Waals surface area (Å²) in [6.45, 7) is 4.33. The van der Waals surface area contributed by atoms with E-state index in [1.807, 2.05) is 23.1 Å². The minimum atomic E-state index is -0.175. The van der Waals surface area contributed by atoms with Gasteiger partial charge in [0.1, 0.15) is 0 Å². The van der Waals surface area contributed by atoms with Crippen LogP contribution in [-0.2, 0) is 23.3 Å². The van der Waals surface area contributed by atoms with Gasteiger partial charge < -0.3 is 15.4 Å². The number of carbonyl (C=O) groups is 1. The molecule has 1 amide bonds. The van der Waals surface area contributed by atoms with Gasteiger partial charge in [0.25, 0.3) is 5.91 Å². The number of piperidine rings is 1. The summed E-state index contributed by atoms with van der Waals surface area (Å²) in [4.78, 5) is 15.0. The van der Waals surface area contributed by atoms with E-state index in [0.29, 0.717) is 0 Å². The van der Waals surface area contributed by atoms with Crippen molar-refractivity contribution in [1.82, 2.24) is 20.4 Å². The van der Waals surface area contributed by atoms with Crippen LogP contribution in [0.5, 0.6) is 0 Å². The highest BCUT2D eigenvalue weighted by molar-refractivity contribution is 7.14. The van der Waals surface area contributed by atoms with Gasteiger partial charge in [-0.3, -0.25) is 9.48 Å². The maximum Gasteiger partial charge on any atom is 0.261 e. The number of hydrogen-bond acceptors (Lipinski definition) is 5. The number of aromatic nitrogens is 2. The fourth-order valence-electron chi connectivity index (χ4n) is 4.43. The van der Waals surface area contributed by atoms with Crippen LogP contribution in [0.4, 0.5) is 0 Å². The van der Waals surface area contributed by atoms with Crippen molar-refractivity contribution < 1.29 is 9.53 Å². The molecule has 5 rings (SSSR count). The minimum absolute atomic E-state index is 0. The van der Waals surface area contributed by atoms with Gasteiger partial charge in [0.2, 0.25) is 0 Å².